The first-order valence-corrected chi connectivity index (χ1v) is 7.12. The van der Waals surface area contributed by atoms with Crippen molar-refractivity contribution in [3.63, 3.8) is 0 Å². The molecule has 0 spiro atoms. The summed E-state index contributed by atoms with van der Waals surface area (Å²) in [5.74, 6) is -0.464. The average molecular weight is 296 g/mol. The Hall–Kier alpha value is -2.76. The molecular formula is C16H16N4O2. The van der Waals surface area contributed by atoms with Crippen molar-refractivity contribution in [3.05, 3.63) is 53.6 Å². The van der Waals surface area contributed by atoms with E-state index in [2.05, 4.69) is 20.6 Å². The second-order valence-corrected chi connectivity index (χ2v) is 5.32. The molecule has 0 atom stereocenters. The summed E-state index contributed by atoms with van der Waals surface area (Å²) in [5, 5.41) is 5.70. The first-order chi connectivity index (χ1) is 10.6. The van der Waals surface area contributed by atoms with Crippen LogP contribution in [0.25, 0.3) is 0 Å². The Morgan fingerprint density at radius 1 is 1.18 bits per heavy atom. The Kier molecular flexibility index (Phi) is 3.82. The van der Waals surface area contributed by atoms with Gasteiger partial charge in [-0.15, -0.1) is 0 Å². The van der Waals surface area contributed by atoms with Crippen molar-refractivity contribution >= 4 is 17.5 Å². The molecule has 22 heavy (non-hydrogen) atoms. The van der Waals surface area contributed by atoms with Crippen molar-refractivity contribution in [2.75, 3.05) is 5.32 Å². The highest BCUT2D eigenvalue weighted by atomic mass is 16.2. The van der Waals surface area contributed by atoms with E-state index in [9.17, 15) is 9.59 Å². The Morgan fingerprint density at radius 3 is 2.68 bits per heavy atom. The van der Waals surface area contributed by atoms with Gasteiger partial charge in [-0.3, -0.25) is 14.6 Å². The zero-order valence-corrected chi connectivity index (χ0v) is 12.2. The number of carbonyl (C=O) groups is 2. The number of rotatable bonds is 4. The predicted molar refractivity (Wildman–Crippen MR) is 81.7 cm³/mol. The summed E-state index contributed by atoms with van der Waals surface area (Å²) in [6.45, 7) is 1.87. The number of nitrogens with zero attached hydrogens (tertiary/aromatic N) is 2. The van der Waals surface area contributed by atoms with Crippen LogP contribution in [0, 0.1) is 6.92 Å². The van der Waals surface area contributed by atoms with Crippen LogP contribution in [0.5, 0.6) is 0 Å². The van der Waals surface area contributed by atoms with Gasteiger partial charge >= 0.3 is 0 Å². The lowest BCUT2D eigenvalue weighted by molar-refractivity contribution is 0.0949. The molecule has 1 aliphatic rings. The maximum atomic E-state index is 12.1. The third-order valence-electron chi connectivity index (χ3n) is 3.46. The summed E-state index contributed by atoms with van der Waals surface area (Å²) in [7, 11) is 0. The molecule has 0 aliphatic heterocycles. The SMILES string of the molecule is Cc1ccc(C(=O)NC2CC2)cc1NC(=O)c1cnccn1. The van der Waals surface area contributed by atoms with Crippen LogP contribution in [-0.4, -0.2) is 27.8 Å². The fraction of sp³-hybridized carbons (Fsp3) is 0.250. The highest BCUT2D eigenvalue weighted by molar-refractivity contribution is 6.04. The van der Waals surface area contributed by atoms with Crippen molar-refractivity contribution in [1.82, 2.24) is 15.3 Å². The first-order valence-electron chi connectivity index (χ1n) is 7.12. The third kappa shape index (κ3) is 3.28. The van der Waals surface area contributed by atoms with Crippen LogP contribution >= 0.6 is 0 Å². The number of aromatic nitrogens is 2. The molecule has 3 rings (SSSR count). The highest BCUT2D eigenvalue weighted by Crippen LogP contribution is 2.21. The van der Waals surface area contributed by atoms with E-state index in [-0.39, 0.29) is 17.5 Å². The van der Waals surface area contributed by atoms with Gasteiger partial charge in [0, 0.05) is 29.7 Å². The van der Waals surface area contributed by atoms with Gasteiger partial charge in [-0.25, -0.2) is 4.98 Å². The minimum Gasteiger partial charge on any atom is -0.349 e. The van der Waals surface area contributed by atoms with Gasteiger partial charge in [-0.2, -0.15) is 0 Å². The summed E-state index contributed by atoms with van der Waals surface area (Å²) < 4.78 is 0. The second kappa shape index (κ2) is 5.93. The average Bonchev–Trinajstić information content (AvgIpc) is 3.34. The first kappa shape index (κ1) is 14.2. The Morgan fingerprint density at radius 2 is 2.00 bits per heavy atom. The standard InChI is InChI=1S/C16H16N4O2/c1-10-2-3-11(15(21)19-12-4-5-12)8-13(10)20-16(22)14-9-17-6-7-18-14/h2-3,6-9,12H,4-5H2,1H3,(H,19,21)(H,20,22). The molecule has 2 N–H and O–H groups in total. The number of amides is 2. The molecule has 2 amide bonds. The molecule has 1 aromatic heterocycles. The number of aryl methyl sites for hydroxylation is 1. The third-order valence-corrected chi connectivity index (χ3v) is 3.46. The van der Waals surface area contributed by atoms with E-state index in [1.54, 1.807) is 12.1 Å². The van der Waals surface area contributed by atoms with Gasteiger partial charge in [0.2, 0.25) is 0 Å². The molecule has 6 heteroatoms. The van der Waals surface area contributed by atoms with Crippen molar-refractivity contribution in [1.29, 1.82) is 0 Å². The molecule has 6 nitrogen and oxygen atoms in total. The van der Waals surface area contributed by atoms with Gasteiger partial charge in [-0.05, 0) is 37.5 Å². The van der Waals surface area contributed by atoms with E-state index in [1.807, 2.05) is 13.0 Å². The topological polar surface area (TPSA) is 84.0 Å². The number of carbonyl (C=O) groups excluding carboxylic acids is 2. The van der Waals surface area contributed by atoms with Gasteiger partial charge < -0.3 is 10.6 Å². The van der Waals surface area contributed by atoms with Gasteiger partial charge in [0.25, 0.3) is 11.8 Å². The molecular weight excluding hydrogens is 280 g/mol. The molecule has 112 valence electrons. The number of hydrogen-bond acceptors (Lipinski definition) is 4. The summed E-state index contributed by atoms with van der Waals surface area (Å²) in [5.41, 5.74) is 2.24. The zero-order chi connectivity index (χ0) is 15.5. The molecule has 0 radical (unpaired) electrons. The Bertz CT molecular complexity index is 711. The van der Waals surface area contributed by atoms with Crippen LogP contribution in [0.15, 0.2) is 36.8 Å². The zero-order valence-electron chi connectivity index (χ0n) is 12.2. The van der Waals surface area contributed by atoms with E-state index in [1.165, 1.54) is 18.6 Å². The molecule has 2 aromatic rings. The number of benzene rings is 1. The van der Waals surface area contributed by atoms with Crippen LogP contribution in [-0.2, 0) is 0 Å². The summed E-state index contributed by atoms with van der Waals surface area (Å²) >= 11 is 0. The molecule has 0 unspecified atom stereocenters. The van der Waals surface area contributed by atoms with Crippen molar-refractivity contribution in [2.24, 2.45) is 0 Å². The lowest BCUT2D eigenvalue weighted by atomic mass is 10.1. The van der Waals surface area contributed by atoms with E-state index in [4.69, 9.17) is 0 Å². The summed E-state index contributed by atoms with van der Waals surface area (Å²) in [6.07, 6.45) is 6.43. The highest BCUT2D eigenvalue weighted by Gasteiger charge is 2.24. The van der Waals surface area contributed by atoms with Crippen molar-refractivity contribution in [3.8, 4) is 0 Å². The lowest BCUT2D eigenvalue weighted by Gasteiger charge is -2.10. The number of anilines is 1. The molecule has 0 bridgehead atoms. The Balaban J connectivity index is 1.77. The van der Waals surface area contributed by atoms with Gasteiger partial charge in [0.15, 0.2) is 0 Å². The quantitative estimate of drug-likeness (QED) is 0.903. The molecule has 1 aromatic carbocycles. The molecule has 1 fully saturated rings. The molecule has 1 saturated carbocycles. The smallest absolute Gasteiger partial charge is 0.275 e. The molecule has 0 saturated heterocycles. The molecule has 1 aliphatic carbocycles. The fourth-order valence-corrected chi connectivity index (χ4v) is 2.00. The second-order valence-electron chi connectivity index (χ2n) is 5.32. The monoisotopic (exact) mass is 296 g/mol. The van der Waals surface area contributed by atoms with Gasteiger partial charge in [0.1, 0.15) is 5.69 Å². The number of nitrogens with one attached hydrogen (secondary N) is 2. The van der Waals surface area contributed by atoms with Crippen molar-refractivity contribution < 1.29 is 9.59 Å². The fourth-order valence-electron chi connectivity index (χ4n) is 2.00. The Labute approximate surface area is 128 Å². The maximum Gasteiger partial charge on any atom is 0.275 e. The lowest BCUT2D eigenvalue weighted by Crippen LogP contribution is -2.25. The normalized spacial score (nSPS) is 13.5. The largest absolute Gasteiger partial charge is 0.349 e. The predicted octanol–water partition coefficient (Wildman–Crippen LogP) is 1.93. The van der Waals surface area contributed by atoms with Crippen LogP contribution in [0.1, 0.15) is 39.3 Å². The minimum atomic E-state index is -0.351. The van der Waals surface area contributed by atoms with Crippen LogP contribution in [0.2, 0.25) is 0 Å². The van der Waals surface area contributed by atoms with Crippen molar-refractivity contribution in [2.45, 2.75) is 25.8 Å². The van der Waals surface area contributed by atoms with Crippen LogP contribution < -0.4 is 10.6 Å². The van der Waals surface area contributed by atoms with E-state index in [0.29, 0.717) is 17.3 Å². The van der Waals surface area contributed by atoms with E-state index in [0.717, 1.165) is 18.4 Å². The van der Waals surface area contributed by atoms with Crippen LogP contribution in [0.4, 0.5) is 5.69 Å². The summed E-state index contributed by atoms with van der Waals surface area (Å²) in [6, 6.07) is 5.55. The van der Waals surface area contributed by atoms with E-state index >= 15 is 0 Å². The number of hydrogen-bond donors (Lipinski definition) is 2. The minimum absolute atomic E-state index is 0.113. The summed E-state index contributed by atoms with van der Waals surface area (Å²) in [4.78, 5) is 32.0. The van der Waals surface area contributed by atoms with Gasteiger partial charge in [0.05, 0.1) is 6.20 Å². The maximum absolute atomic E-state index is 12.1. The van der Waals surface area contributed by atoms with Gasteiger partial charge in [-0.1, -0.05) is 6.07 Å². The van der Waals surface area contributed by atoms with Crippen LogP contribution in [0.3, 0.4) is 0 Å². The molecule has 1 heterocycles. The van der Waals surface area contributed by atoms with E-state index < -0.39 is 0 Å².